The summed E-state index contributed by atoms with van der Waals surface area (Å²) in [6.45, 7) is 17.5. The fraction of sp³-hybridized carbons (Fsp3) is 0.588. The summed E-state index contributed by atoms with van der Waals surface area (Å²) < 4.78 is 31.7. The van der Waals surface area contributed by atoms with Crippen LogP contribution >= 0.6 is 11.3 Å². The SMILES string of the molecule is CCn1c(-c2cc(C#CCN3CCOCC3)cnc2[C@H](C)OC)c2c3cc(ccc31)-c1csc(n1)[C@@H](N1CCOCC1)[C@H](NC(=O)[C@H]1OC[C@@H]1C)C(=O)N1N[C@H](C(=O)OCC(C)(C)C2)C2CC1C2. The number of aromatic nitrogens is 3. The number of ether oxygens (including phenoxy) is 5. The molecule has 68 heavy (non-hydrogen) atoms. The quantitative estimate of drug-likeness (QED) is 0.184. The first-order chi connectivity index (χ1) is 32.9. The highest BCUT2D eigenvalue weighted by molar-refractivity contribution is 7.10. The first-order valence-corrected chi connectivity index (χ1v) is 25.2. The van der Waals surface area contributed by atoms with Crippen LogP contribution in [0.25, 0.3) is 33.4 Å². The molecule has 16 nitrogen and oxygen atoms in total. The summed E-state index contributed by atoms with van der Waals surface area (Å²) in [6, 6.07) is 6.14. The smallest absolute Gasteiger partial charge is 0.325 e. The van der Waals surface area contributed by atoms with Crippen molar-refractivity contribution >= 4 is 40.0 Å². The van der Waals surface area contributed by atoms with Gasteiger partial charge in [-0.1, -0.05) is 38.7 Å². The third-order valence-corrected chi connectivity index (χ3v) is 15.7. The molecule has 17 heteroatoms. The molecule has 0 unspecified atom stereocenters. The molecule has 362 valence electrons. The van der Waals surface area contributed by atoms with Crippen LogP contribution < -0.4 is 10.7 Å². The Balaban J connectivity index is 1.12. The van der Waals surface area contributed by atoms with E-state index in [1.165, 1.54) is 11.3 Å². The molecule has 4 aromatic rings. The molecular formula is C51H64N8O8S. The Bertz CT molecular complexity index is 2600. The molecule has 3 aromatic heterocycles. The Morgan fingerprint density at radius 1 is 1.09 bits per heavy atom. The molecule has 1 aliphatic carbocycles. The number of carbonyl (C=O) groups is 3. The van der Waals surface area contributed by atoms with Gasteiger partial charge >= 0.3 is 5.97 Å². The van der Waals surface area contributed by atoms with E-state index in [4.69, 9.17) is 33.7 Å². The largest absolute Gasteiger partial charge is 0.464 e. The van der Waals surface area contributed by atoms with Gasteiger partial charge in [-0.25, -0.2) is 10.4 Å². The summed E-state index contributed by atoms with van der Waals surface area (Å²) in [6.07, 6.45) is 2.74. The lowest BCUT2D eigenvalue weighted by Crippen LogP contribution is -2.72. The molecule has 6 fully saturated rings. The number of hydrazine groups is 1. The number of hydrogen-bond donors (Lipinski definition) is 2. The number of rotatable bonds is 8. The van der Waals surface area contributed by atoms with Gasteiger partial charge in [-0.05, 0) is 62.8 Å². The lowest BCUT2D eigenvalue weighted by atomic mass is 9.73. The number of pyridine rings is 1. The van der Waals surface area contributed by atoms with Crippen LogP contribution in [0.15, 0.2) is 35.8 Å². The highest BCUT2D eigenvalue weighted by Crippen LogP contribution is 2.44. The monoisotopic (exact) mass is 948 g/mol. The average Bonchev–Trinajstić information content (AvgIpc) is 3.94. The zero-order valence-corrected chi connectivity index (χ0v) is 40.9. The molecule has 7 aliphatic rings. The van der Waals surface area contributed by atoms with E-state index >= 15 is 4.79 Å². The van der Waals surface area contributed by atoms with E-state index in [9.17, 15) is 9.59 Å². The molecule has 0 spiro atoms. The normalized spacial score (nSPS) is 28.1. The molecule has 2 N–H and O–H groups in total. The molecule has 6 atom stereocenters. The Morgan fingerprint density at radius 2 is 1.85 bits per heavy atom. The first kappa shape index (κ1) is 46.9. The number of hydrogen-bond acceptors (Lipinski definition) is 14. The van der Waals surface area contributed by atoms with E-state index < -0.39 is 35.6 Å². The van der Waals surface area contributed by atoms with Crippen molar-refractivity contribution in [3.05, 3.63) is 57.7 Å². The van der Waals surface area contributed by atoms with Crippen molar-refractivity contribution in [1.29, 1.82) is 0 Å². The van der Waals surface area contributed by atoms with E-state index in [1.807, 2.05) is 20.0 Å². The summed E-state index contributed by atoms with van der Waals surface area (Å²) in [7, 11) is 1.70. The minimum atomic E-state index is -1.04. The summed E-state index contributed by atoms with van der Waals surface area (Å²) in [5, 5.41) is 8.58. The fourth-order valence-electron chi connectivity index (χ4n) is 10.7. The number of benzene rings is 1. The van der Waals surface area contributed by atoms with Crippen molar-refractivity contribution < 1.29 is 38.1 Å². The van der Waals surface area contributed by atoms with Crippen molar-refractivity contribution in [1.82, 2.24) is 40.1 Å². The lowest BCUT2D eigenvalue weighted by molar-refractivity contribution is -0.174. The van der Waals surface area contributed by atoms with Crippen LogP contribution in [0.5, 0.6) is 0 Å². The van der Waals surface area contributed by atoms with Gasteiger partial charge < -0.3 is 33.6 Å². The highest BCUT2D eigenvalue weighted by Gasteiger charge is 2.53. The first-order valence-electron chi connectivity index (χ1n) is 24.3. The Morgan fingerprint density at radius 3 is 2.56 bits per heavy atom. The van der Waals surface area contributed by atoms with Gasteiger partial charge in [-0.2, -0.15) is 0 Å². The van der Waals surface area contributed by atoms with E-state index in [0.29, 0.717) is 83.5 Å². The fourth-order valence-corrected chi connectivity index (χ4v) is 11.7. The number of nitrogens with one attached hydrogen (secondary N) is 2. The third kappa shape index (κ3) is 9.10. The maximum atomic E-state index is 15.2. The Hall–Kier alpha value is -4.77. The van der Waals surface area contributed by atoms with Gasteiger partial charge in [-0.3, -0.25) is 34.2 Å². The van der Waals surface area contributed by atoms with Gasteiger partial charge in [0, 0.05) is 96.4 Å². The standard InChI is InChI=1S/C51H64N8O8S/c1-7-58-40-11-10-33-24-36(40)38(44(58)37-21-32(26-52-41(37)31(3)63-6)9-8-12-56-13-17-64-18-14-56)25-51(4,5)29-67-50(62)42-34-22-35(23-34)59(55-42)49(61)43(54-47(60)46-30(2)27-66-46)45(48-53-39(33)28-68-48)57-15-19-65-20-16-57/h10-11,21,24,26,28,30-31,34-35,42-43,45-46,55H,7,12-20,22-23,25,27,29H2,1-6H3,(H,54,60)/t30-,31-,34?,35?,42-,43-,45-,46-/m0/s1. The van der Waals surface area contributed by atoms with Gasteiger partial charge in [0.05, 0.1) is 75.4 Å². The van der Waals surface area contributed by atoms with Gasteiger partial charge in [0.1, 0.15) is 23.2 Å². The summed E-state index contributed by atoms with van der Waals surface area (Å²) in [4.78, 5) is 58.5. The van der Waals surface area contributed by atoms with Crippen LogP contribution in [0.3, 0.4) is 0 Å². The summed E-state index contributed by atoms with van der Waals surface area (Å²) in [5.41, 5.74) is 10.2. The summed E-state index contributed by atoms with van der Waals surface area (Å²) in [5.74, 6) is 5.80. The number of thiazole rings is 1. The molecule has 1 saturated carbocycles. The van der Waals surface area contributed by atoms with E-state index in [1.54, 1.807) is 12.1 Å². The number of nitrogens with zero attached hydrogens (tertiary/aromatic N) is 6. The van der Waals surface area contributed by atoms with Crippen molar-refractivity contribution in [2.45, 2.75) is 96.8 Å². The summed E-state index contributed by atoms with van der Waals surface area (Å²) >= 11 is 1.48. The lowest BCUT2D eigenvalue weighted by Gasteiger charge is -2.53. The maximum absolute atomic E-state index is 15.2. The van der Waals surface area contributed by atoms with Crippen LogP contribution in [0.2, 0.25) is 0 Å². The van der Waals surface area contributed by atoms with E-state index in [-0.39, 0.29) is 42.4 Å². The van der Waals surface area contributed by atoms with Gasteiger partial charge in [-0.15, -0.1) is 11.3 Å². The number of methoxy groups -OCH3 is 1. The highest BCUT2D eigenvalue weighted by atomic mass is 32.1. The van der Waals surface area contributed by atoms with Crippen molar-refractivity contribution in [3.8, 4) is 34.4 Å². The molecule has 2 amide bonds. The van der Waals surface area contributed by atoms with Crippen LogP contribution in [0.4, 0.5) is 0 Å². The molecule has 11 rings (SSSR count). The van der Waals surface area contributed by atoms with Crippen LogP contribution in [-0.4, -0.2) is 151 Å². The number of morpholine rings is 2. The molecular weight excluding hydrogens is 885 g/mol. The number of esters is 1. The Kier molecular flexibility index (Phi) is 13.5. The van der Waals surface area contributed by atoms with Crippen molar-refractivity contribution in [2.75, 3.05) is 79.5 Å². The Labute approximate surface area is 402 Å². The topological polar surface area (TPSA) is 162 Å². The zero-order chi connectivity index (χ0) is 47.3. The number of fused-ring (bicyclic) bond motifs is 4. The second-order valence-corrected chi connectivity index (χ2v) is 20.9. The molecule has 1 aromatic carbocycles. The zero-order valence-electron chi connectivity index (χ0n) is 40.0. The van der Waals surface area contributed by atoms with Gasteiger partial charge in [0.2, 0.25) is 5.91 Å². The van der Waals surface area contributed by atoms with E-state index in [0.717, 1.165) is 63.3 Å². The third-order valence-electron chi connectivity index (χ3n) is 14.8. The number of amides is 2. The molecule has 9 heterocycles. The second kappa shape index (κ2) is 19.6. The van der Waals surface area contributed by atoms with Gasteiger partial charge in [0.15, 0.2) is 0 Å². The molecule has 0 radical (unpaired) electrons. The van der Waals surface area contributed by atoms with Crippen molar-refractivity contribution in [2.24, 2.45) is 17.3 Å². The predicted molar refractivity (Wildman–Crippen MR) is 256 cm³/mol. The van der Waals surface area contributed by atoms with Crippen LogP contribution in [0, 0.1) is 29.1 Å². The average molecular weight is 949 g/mol. The minimum absolute atomic E-state index is 0.0128. The van der Waals surface area contributed by atoms with Gasteiger partial charge in [0.25, 0.3) is 5.91 Å². The van der Waals surface area contributed by atoms with Crippen molar-refractivity contribution in [3.63, 3.8) is 0 Å². The number of cyclic esters (lactones) is 1. The molecule has 6 aliphatic heterocycles. The number of aryl methyl sites for hydroxylation is 1. The van der Waals surface area contributed by atoms with Crippen LogP contribution in [0.1, 0.15) is 81.4 Å². The van der Waals surface area contributed by atoms with Crippen LogP contribution in [-0.2, 0) is 51.0 Å². The maximum Gasteiger partial charge on any atom is 0.325 e. The second-order valence-electron chi connectivity index (χ2n) is 20.1. The number of carbonyl (C=O) groups excluding carboxylic acids is 3. The molecule has 5 saturated heterocycles. The predicted octanol–water partition coefficient (Wildman–Crippen LogP) is 4.75. The minimum Gasteiger partial charge on any atom is -0.464 e. The van der Waals surface area contributed by atoms with E-state index in [2.05, 4.69) is 87.4 Å². The molecule has 8 bridgehead atoms.